The van der Waals surface area contributed by atoms with Gasteiger partial charge in [0.1, 0.15) is 11.0 Å². The first-order valence-corrected chi connectivity index (χ1v) is 7.91. The number of nitriles is 1. The van der Waals surface area contributed by atoms with Crippen LogP contribution in [0.3, 0.4) is 0 Å². The van der Waals surface area contributed by atoms with Crippen molar-refractivity contribution in [3.63, 3.8) is 0 Å². The third-order valence-electron chi connectivity index (χ3n) is 2.52. The third-order valence-corrected chi connectivity index (χ3v) is 5.74. The maximum Gasteiger partial charge on any atom is 0.183 e. The van der Waals surface area contributed by atoms with E-state index in [0.29, 0.717) is 0 Å². The molecular formula is C11H10BrClFNO2S. The number of benzene rings is 1. The van der Waals surface area contributed by atoms with E-state index >= 15 is 0 Å². The predicted molar refractivity (Wildman–Crippen MR) is 70.8 cm³/mol. The first-order valence-electron chi connectivity index (χ1n) is 5.04. The van der Waals surface area contributed by atoms with E-state index in [0.717, 1.165) is 6.07 Å². The second-order valence-corrected chi connectivity index (χ2v) is 7.19. The summed E-state index contributed by atoms with van der Waals surface area (Å²) in [6.45, 7) is 1.48. The molecule has 0 heterocycles. The van der Waals surface area contributed by atoms with Crippen molar-refractivity contribution in [1.29, 1.82) is 5.26 Å². The van der Waals surface area contributed by atoms with E-state index in [9.17, 15) is 12.8 Å². The molecule has 0 aliphatic rings. The fraction of sp³-hybridized carbons (Fsp3) is 0.364. The number of sulfone groups is 1. The van der Waals surface area contributed by atoms with Crippen LogP contribution in [0.1, 0.15) is 18.9 Å². The van der Waals surface area contributed by atoms with Crippen LogP contribution in [-0.4, -0.2) is 19.5 Å². The van der Waals surface area contributed by atoms with Crippen LogP contribution >= 0.6 is 27.5 Å². The van der Waals surface area contributed by atoms with Gasteiger partial charge in [-0.15, -0.1) is 11.6 Å². The van der Waals surface area contributed by atoms with Crippen molar-refractivity contribution in [2.24, 2.45) is 0 Å². The lowest BCUT2D eigenvalue weighted by Gasteiger charge is -2.13. The average Bonchev–Trinajstić information content (AvgIpc) is 2.32. The van der Waals surface area contributed by atoms with Crippen molar-refractivity contribution < 1.29 is 12.8 Å². The Kier molecular flexibility index (Phi) is 5.14. The number of halogens is 3. The first kappa shape index (κ1) is 15.4. The van der Waals surface area contributed by atoms with Gasteiger partial charge in [0.25, 0.3) is 0 Å². The lowest BCUT2D eigenvalue weighted by atomic mass is 10.2. The lowest BCUT2D eigenvalue weighted by molar-refractivity contribution is 0.554. The summed E-state index contributed by atoms with van der Waals surface area (Å²) in [5, 5.41) is 7.94. The van der Waals surface area contributed by atoms with Gasteiger partial charge in [-0.1, -0.05) is 0 Å². The Balaban J connectivity index is 3.36. The van der Waals surface area contributed by atoms with Crippen LogP contribution in [0.25, 0.3) is 0 Å². The van der Waals surface area contributed by atoms with E-state index in [4.69, 9.17) is 16.9 Å². The van der Waals surface area contributed by atoms with Gasteiger partial charge in [0, 0.05) is 5.88 Å². The van der Waals surface area contributed by atoms with Crippen LogP contribution < -0.4 is 0 Å². The minimum Gasteiger partial charge on any atom is -0.223 e. The van der Waals surface area contributed by atoms with E-state index in [1.165, 1.54) is 13.0 Å². The molecule has 7 heteroatoms. The standard InChI is InChI=1S/C11H10BrClFNO2S/c1-7(4-5-13)18(16,17)9-3-2-8(6-15)10(12)11(9)14/h2-3,7H,4-5H2,1H3. The van der Waals surface area contributed by atoms with Gasteiger partial charge in [0.15, 0.2) is 15.7 Å². The van der Waals surface area contributed by atoms with Crippen LogP contribution in [0.5, 0.6) is 0 Å². The molecule has 0 aromatic heterocycles. The molecule has 18 heavy (non-hydrogen) atoms. The quantitative estimate of drug-likeness (QED) is 0.780. The predicted octanol–water partition coefficient (Wildman–Crippen LogP) is 3.25. The van der Waals surface area contributed by atoms with Crippen LogP contribution in [0, 0.1) is 17.1 Å². The number of hydrogen-bond acceptors (Lipinski definition) is 3. The lowest BCUT2D eigenvalue weighted by Crippen LogP contribution is -2.20. The van der Waals surface area contributed by atoms with Crippen molar-refractivity contribution >= 4 is 37.4 Å². The van der Waals surface area contributed by atoms with Crippen LogP contribution in [-0.2, 0) is 9.84 Å². The smallest absolute Gasteiger partial charge is 0.183 e. The number of nitrogens with zero attached hydrogens (tertiary/aromatic N) is 1. The summed E-state index contributed by atoms with van der Waals surface area (Å²) in [6.07, 6.45) is 0.237. The molecule has 3 nitrogen and oxygen atoms in total. The Morgan fingerprint density at radius 3 is 2.67 bits per heavy atom. The molecule has 1 aromatic rings. The van der Waals surface area contributed by atoms with E-state index in [2.05, 4.69) is 15.9 Å². The highest BCUT2D eigenvalue weighted by Crippen LogP contribution is 2.29. The van der Waals surface area contributed by atoms with Crippen LogP contribution in [0.15, 0.2) is 21.5 Å². The monoisotopic (exact) mass is 353 g/mol. The summed E-state index contributed by atoms with van der Waals surface area (Å²) in [4.78, 5) is -0.411. The highest BCUT2D eigenvalue weighted by Gasteiger charge is 2.27. The molecule has 98 valence electrons. The third kappa shape index (κ3) is 2.85. The zero-order valence-corrected chi connectivity index (χ0v) is 12.6. The molecule has 0 bridgehead atoms. The zero-order chi connectivity index (χ0) is 13.9. The Morgan fingerprint density at radius 2 is 2.17 bits per heavy atom. The van der Waals surface area contributed by atoms with Gasteiger partial charge in [-0.3, -0.25) is 0 Å². The Morgan fingerprint density at radius 1 is 1.56 bits per heavy atom. The molecule has 1 aromatic carbocycles. The van der Waals surface area contributed by atoms with E-state index in [1.54, 1.807) is 6.07 Å². The normalized spacial score (nSPS) is 13.1. The highest BCUT2D eigenvalue weighted by molar-refractivity contribution is 9.10. The van der Waals surface area contributed by atoms with Gasteiger partial charge in [0.2, 0.25) is 0 Å². The van der Waals surface area contributed by atoms with Gasteiger partial charge >= 0.3 is 0 Å². The van der Waals surface area contributed by atoms with Crippen molar-refractivity contribution in [1.82, 2.24) is 0 Å². The fourth-order valence-corrected chi connectivity index (χ4v) is 3.86. The Hall–Kier alpha value is -0.640. The first-order chi connectivity index (χ1) is 8.36. The van der Waals surface area contributed by atoms with Crippen molar-refractivity contribution in [3.05, 3.63) is 28.0 Å². The second kappa shape index (κ2) is 6.00. The molecule has 0 saturated heterocycles. The summed E-state index contributed by atoms with van der Waals surface area (Å²) in [7, 11) is -3.78. The van der Waals surface area contributed by atoms with Gasteiger partial charge in [-0.2, -0.15) is 5.26 Å². The molecule has 0 amide bonds. The molecule has 0 aliphatic heterocycles. The minimum atomic E-state index is -3.78. The van der Waals surface area contributed by atoms with Gasteiger partial charge in [-0.05, 0) is 41.4 Å². The minimum absolute atomic E-state index is 0.0523. The summed E-state index contributed by atoms with van der Waals surface area (Å²) in [6, 6.07) is 4.15. The Bertz CT molecular complexity index is 598. The second-order valence-electron chi connectivity index (χ2n) is 3.68. The molecule has 0 saturated carbocycles. The van der Waals surface area contributed by atoms with E-state index in [1.807, 2.05) is 0 Å². The van der Waals surface area contributed by atoms with Crippen molar-refractivity contribution in [2.75, 3.05) is 5.88 Å². The summed E-state index contributed by atoms with van der Waals surface area (Å²) >= 11 is 8.38. The van der Waals surface area contributed by atoms with Crippen molar-refractivity contribution in [3.8, 4) is 6.07 Å². The summed E-state index contributed by atoms with van der Waals surface area (Å²) < 4.78 is 38.0. The highest BCUT2D eigenvalue weighted by atomic mass is 79.9. The molecule has 1 atom stereocenters. The summed E-state index contributed by atoms with van der Waals surface area (Å²) in [5.74, 6) is -0.755. The molecule has 1 unspecified atom stereocenters. The number of alkyl halides is 1. The molecule has 0 N–H and O–H groups in total. The molecule has 0 aliphatic carbocycles. The maximum absolute atomic E-state index is 13.9. The van der Waals surface area contributed by atoms with Crippen LogP contribution in [0.4, 0.5) is 4.39 Å². The van der Waals surface area contributed by atoms with Crippen LogP contribution in [0.2, 0.25) is 0 Å². The molecule has 0 spiro atoms. The molecule has 0 fully saturated rings. The molecule has 1 rings (SSSR count). The largest absolute Gasteiger partial charge is 0.223 e. The number of hydrogen-bond donors (Lipinski definition) is 0. The number of rotatable bonds is 4. The van der Waals surface area contributed by atoms with E-state index < -0.39 is 25.8 Å². The van der Waals surface area contributed by atoms with Crippen molar-refractivity contribution in [2.45, 2.75) is 23.5 Å². The average molecular weight is 355 g/mol. The molecule has 0 radical (unpaired) electrons. The van der Waals surface area contributed by atoms with Gasteiger partial charge in [0.05, 0.1) is 15.3 Å². The molecular weight excluding hydrogens is 345 g/mol. The fourth-order valence-electron chi connectivity index (χ4n) is 1.36. The Labute approximate surface area is 119 Å². The van der Waals surface area contributed by atoms with Gasteiger partial charge in [-0.25, -0.2) is 12.8 Å². The SMILES string of the molecule is CC(CCCl)S(=O)(=O)c1ccc(C#N)c(Br)c1F. The topological polar surface area (TPSA) is 57.9 Å². The van der Waals surface area contributed by atoms with E-state index in [-0.39, 0.29) is 22.3 Å². The maximum atomic E-state index is 13.9. The summed E-state index contributed by atoms with van der Waals surface area (Å²) in [5.41, 5.74) is 0.0523. The van der Waals surface area contributed by atoms with Gasteiger partial charge < -0.3 is 0 Å². The zero-order valence-electron chi connectivity index (χ0n) is 9.45.